The number of rotatable bonds is 3. The summed E-state index contributed by atoms with van der Waals surface area (Å²) in [6, 6.07) is 2.52. The van der Waals surface area contributed by atoms with Crippen molar-refractivity contribution in [3.05, 3.63) is 24.3 Å². The van der Waals surface area contributed by atoms with Crippen LogP contribution >= 0.6 is 0 Å². The van der Waals surface area contributed by atoms with E-state index in [0.29, 0.717) is 6.04 Å². The standard InChI is InChI=1S/C10H15N3O/c1-4-11-8-13-10(1)7-12-9-2-5-14-6-3-9/h1,4,8-9,12H,2-3,5-7H2. The van der Waals surface area contributed by atoms with E-state index in [1.807, 2.05) is 6.07 Å². The van der Waals surface area contributed by atoms with Gasteiger partial charge < -0.3 is 10.1 Å². The van der Waals surface area contributed by atoms with Gasteiger partial charge >= 0.3 is 0 Å². The van der Waals surface area contributed by atoms with Crippen LogP contribution in [0.25, 0.3) is 0 Å². The Kier molecular flexibility index (Phi) is 3.43. The van der Waals surface area contributed by atoms with Crippen LogP contribution in [0.4, 0.5) is 0 Å². The predicted octanol–water partition coefficient (Wildman–Crippen LogP) is 0.745. The number of hydrogen-bond donors (Lipinski definition) is 1. The topological polar surface area (TPSA) is 47.0 Å². The van der Waals surface area contributed by atoms with Gasteiger partial charge in [0.2, 0.25) is 0 Å². The highest BCUT2D eigenvalue weighted by Crippen LogP contribution is 2.06. The molecule has 2 heterocycles. The highest BCUT2D eigenvalue weighted by Gasteiger charge is 2.12. The van der Waals surface area contributed by atoms with E-state index in [1.54, 1.807) is 12.5 Å². The van der Waals surface area contributed by atoms with Gasteiger partial charge in [0, 0.05) is 32.0 Å². The molecule has 1 aromatic heterocycles. The minimum absolute atomic E-state index is 0.582. The van der Waals surface area contributed by atoms with Crippen molar-refractivity contribution >= 4 is 0 Å². The highest BCUT2D eigenvalue weighted by molar-refractivity contribution is 4.97. The monoisotopic (exact) mass is 193 g/mol. The van der Waals surface area contributed by atoms with E-state index >= 15 is 0 Å². The Hall–Kier alpha value is -1.00. The molecule has 1 aliphatic heterocycles. The van der Waals surface area contributed by atoms with Crippen molar-refractivity contribution in [1.29, 1.82) is 0 Å². The lowest BCUT2D eigenvalue weighted by Gasteiger charge is -2.22. The highest BCUT2D eigenvalue weighted by atomic mass is 16.5. The molecule has 1 aromatic rings. The summed E-state index contributed by atoms with van der Waals surface area (Å²) in [7, 11) is 0. The lowest BCUT2D eigenvalue weighted by atomic mass is 10.1. The first-order valence-corrected chi connectivity index (χ1v) is 5.01. The first-order chi connectivity index (χ1) is 6.95. The molecule has 14 heavy (non-hydrogen) atoms. The van der Waals surface area contributed by atoms with Crippen molar-refractivity contribution in [2.75, 3.05) is 13.2 Å². The molecule has 0 aromatic carbocycles. The fourth-order valence-electron chi connectivity index (χ4n) is 1.57. The van der Waals surface area contributed by atoms with Crippen LogP contribution in [0.3, 0.4) is 0 Å². The summed E-state index contributed by atoms with van der Waals surface area (Å²) in [6.07, 6.45) is 5.56. The molecule has 0 aliphatic carbocycles. The third-order valence-corrected chi connectivity index (χ3v) is 2.44. The third-order valence-electron chi connectivity index (χ3n) is 2.44. The molecular formula is C10H15N3O. The van der Waals surface area contributed by atoms with Crippen LogP contribution in [0.5, 0.6) is 0 Å². The number of nitrogens with zero attached hydrogens (tertiary/aromatic N) is 2. The van der Waals surface area contributed by atoms with Crippen molar-refractivity contribution < 1.29 is 4.74 Å². The molecule has 0 unspecified atom stereocenters. The van der Waals surface area contributed by atoms with Crippen LogP contribution in [0, 0.1) is 0 Å². The molecule has 0 saturated carbocycles. The molecule has 0 amide bonds. The van der Waals surface area contributed by atoms with E-state index in [1.165, 1.54) is 0 Å². The van der Waals surface area contributed by atoms with E-state index in [9.17, 15) is 0 Å². The fourth-order valence-corrected chi connectivity index (χ4v) is 1.57. The summed E-state index contributed by atoms with van der Waals surface area (Å²) in [5.74, 6) is 0. The van der Waals surface area contributed by atoms with Crippen LogP contribution in [0.1, 0.15) is 18.5 Å². The summed E-state index contributed by atoms with van der Waals surface area (Å²) in [4.78, 5) is 8.04. The summed E-state index contributed by atoms with van der Waals surface area (Å²) in [6.45, 7) is 2.58. The lowest BCUT2D eigenvalue weighted by Crippen LogP contribution is -2.34. The van der Waals surface area contributed by atoms with Gasteiger partial charge in [-0.1, -0.05) is 0 Å². The Labute approximate surface area is 83.7 Å². The first kappa shape index (κ1) is 9.55. The number of ether oxygens (including phenoxy) is 1. The minimum atomic E-state index is 0.582. The number of nitrogens with one attached hydrogen (secondary N) is 1. The maximum absolute atomic E-state index is 5.29. The predicted molar refractivity (Wildman–Crippen MR) is 52.7 cm³/mol. The summed E-state index contributed by atoms with van der Waals surface area (Å²) in [5, 5.41) is 3.47. The molecule has 4 nitrogen and oxygen atoms in total. The van der Waals surface area contributed by atoms with Crippen LogP contribution in [0.2, 0.25) is 0 Å². The molecule has 1 aliphatic rings. The molecule has 0 spiro atoms. The average molecular weight is 193 g/mol. The summed E-state index contributed by atoms with van der Waals surface area (Å²) >= 11 is 0. The Balaban J connectivity index is 1.76. The Bertz CT molecular complexity index is 259. The number of hydrogen-bond acceptors (Lipinski definition) is 4. The molecular weight excluding hydrogens is 178 g/mol. The molecule has 4 heteroatoms. The number of aromatic nitrogens is 2. The quantitative estimate of drug-likeness (QED) is 0.769. The van der Waals surface area contributed by atoms with Gasteiger partial charge in [-0.25, -0.2) is 9.97 Å². The second-order valence-corrected chi connectivity index (χ2v) is 3.47. The van der Waals surface area contributed by atoms with Crippen LogP contribution < -0.4 is 5.32 Å². The van der Waals surface area contributed by atoms with Gasteiger partial charge in [0.05, 0.1) is 5.69 Å². The van der Waals surface area contributed by atoms with Gasteiger partial charge in [0.25, 0.3) is 0 Å². The van der Waals surface area contributed by atoms with Gasteiger partial charge in [-0.2, -0.15) is 0 Å². The lowest BCUT2D eigenvalue weighted by molar-refractivity contribution is 0.0775. The second-order valence-electron chi connectivity index (χ2n) is 3.47. The Morgan fingerprint density at radius 3 is 3.00 bits per heavy atom. The van der Waals surface area contributed by atoms with Crippen LogP contribution in [0.15, 0.2) is 18.6 Å². The van der Waals surface area contributed by atoms with Crippen molar-refractivity contribution in [3.63, 3.8) is 0 Å². The zero-order chi connectivity index (χ0) is 9.64. The van der Waals surface area contributed by atoms with Crippen molar-refractivity contribution in [1.82, 2.24) is 15.3 Å². The van der Waals surface area contributed by atoms with E-state index < -0.39 is 0 Å². The van der Waals surface area contributed by atoms with Crippen LogP contribution in [-0.4, -0.2) is 29.2 Å². The summed E-state index contributed by atoms with van der Waals surface area (Å²) in [5.41, 5.74) is 1.05. The van der Waals surface area contributed by atoms with Gasteiger partial charge in [-0.3, -0.25) is 0 Å². The molecule has 1 N–H and O–H groups in total. The van der Waals surface area contributed by atoms with Gasteiger partial charge in [0.15, 0.2) is 0 Å². The average Bonchev–Trinajstić information content (AvgIpc) is 2.29. The van der Waals surface area contributed by atoms with Crippen molar-refractivity contribution in [2.24, 2.45) is 0 Å². The summed E-state index contributed by atoms with van der Waals surface area (Å²) < 4.78 is 5.29. The smallest absolute Gasteiger partial charge is 0.115 e. The second kappa shape index (κ2) is 5.02. The zero-order valence-electron chi connectivity index (χ0n) is 8.15. The van der Waals surface area contributed by atoms with E-state index in [2.05, 4.69) is 15.3 Å². The minimum Gasteiger partial charge on any atom is -0.381 e. The van der Waals surface area contributed by atoms with Crippen molar-refractivity contribution in [3.8, 4) is 0 Å². The molecule has 76 valence electrons. The zero-order valence-corrected chi connectivity index (χ0v) is 8.15. The van der Waals surface area contributed by atoms with Gasteiger partial charge in [0.1, 0.15) is 6.33 Å². The SMILES string of the molecule is c1cc(CNC2CCOCC2)ncn1. The van der Waals surface area contributed by atoms with E-state index in [4.69, 9.17) is 4.74 Å². The Morgan fingerprint density at radius 2 is 2.29 bits per heavy atom. The largest absolute Gasteiger partial charge is 0.381 e. The molecule has 1 fully saturated rings. The molecule has 0 atom stereocenters. The first-order valence-electron chi connectivity index (χ1n) is 5.01. The molecule has 0 bridgehead atoms. The van der Waals surface area contributed by atoms with Gasteiger partial charge in [-0.05, 0) is 18.9 Å². The molecule has 0 radical (unpaired) electrons. The van der Waals surface area contributed by atoms with E-state index in [0.717, 1.165) is 38.3 Å². The third kappa shape index (κ3) is 2.75. The van der Waals surface area contributed by atoms with Gasteiger partial charge in [-0.15, -0.1) is 0 Å². The van der Waals surface area contributed by atoms with Crippen LogP contribution in [-0.2, 0) is 11.3 Å². The maximum Gasteiger partial charge on any atom is 0.115 e. The molecule has 1 saturated heterocycles. The molecule has 2 rings (SSSR count). The van der Waals surface area contributed by atoms with E-state index in [-0.39, 0.29) is 0 Å². The van der Waals surface area contributed by atoms with Crippen molar-refractivity contribution in [2.45, 2.75) is 25.4 Å². The maximum atomic E-state index is 5.29. The fraction of sp³-hybridized carbons (Fsp3) is 0.600. The Morgan fingerprint density at radius 1 is 1.43 bits per heavy atom. The normalized spacial score (nSPS) is 18.3.